The first-order valence-corrected chi connectivity index (χ1v) is 7.60. The van der Waals surface area contributed by atoms with E-state index in [1.54, 1.807) is 13.2 Å². The Morgan fingerprint density at radius 1 is 1.30 bits per heavy atom. The predicted molar refractivity (Wildman–Crippen MR) is 90.9 cm³/mol. The monoisotopic (exact) mass is 333 g/mol. The minimum Gasteiger partial charge on any atom is -0.490 e. The molecule has 0 radical (unpaired) electrons. The molecule has 1 rings (SSSR count). The van der Waals surface area contributed by atoms with Crippen LogP contribution in [0.25, 0.3) is 0 Å². The van der Waals surface area contributed by atoms with Gasteiger partial charge in [-0.05, 0) is 35.3 Å². The number of rotatable bonds is 4. The maximum atomic E-state index is 6.43. The third-order valence-electron chi connectivity index (χ3n) is 3.42. The number of hydrogen-bond acceptors (Lipinski definition) is 3. The number of nitrogens with two attached hydrogens (primary N) is 1. The summed E-state index contributed by atoms with van der Waals surface area (Å²) in [6.07, 6.45) is 0.586. The van der Waals surface area contributed by atoms with Crippen molar-refractivity contribution in [1.82, 2.24) is 0 Å². The maximum absolute atomic E-state index is 6.43. The average molecular weight is 334 g/mol. The lowest BCUT2D eigenvalue weighted by molar-refractivity contribution is 0.276. The molecule has 0 bridgehead atoms. The Hall–Kier alpha value is -0.350. The molecule has 0 saturated carbocycles. The summed E-state index contributed by atoms with van der Waals surface area (Å²) in [4.78, 5) is 0. The highest BCUT2D eigenvalue weighted by Gasteiger charge is 2.31. The lowest BCUT2D eigenvalue weighted by atomic mass is 9.75. The van der Waals surface area contributed by atoms with Gasteiger partial charge < -0.3 is 10.5 Å². The standard InChI is InChI=1S/C15H21Cl2NOS/c1-15(2,3)14(18)10(8-13(20)19-4)9-5-6-11(16)12(17)7-9/h5-7,10,14H,8,18H2,1-4H3. The van der Waals surface area contributed by atoms with Gasteiger partial charge in [0.25, 0.3) is 0 Å². The van der Waals surface area contributed by atoms with E-state index < -0.39 is 0 Å². The molecule has 2 atom stereocenters. The van der Waals surface area contributed by atoms with Crippen molar-refractivity contribution in [3.63, 3.8) is 0 Å². The van der Waals surface area contributed by atoms with Crippen LogP contribution in [0.15, 0.2) is 18.2 Å². The lowest BCUT2D eigenvalue weighted by Crippen LogP contribution is -2.41. The minimum atomic E-state index is -0.0761. The Labute approximate surface area is 136 Å². The summed E-state index contributed by atoms with van der Waals surface area (Å²) in [7, 11) is 1.58. The van der Waals surface area contributed by atoms with Gasteiger partial charge in [-0.25, -0.2) is 0 Å². The Kier molecular flexibility index (Phi) is 6.26. The molecule has 0 spiro atoms. The fraction of sp³-hybridized carbons (Fsp3) is 0.533. The molecule has 0 aromatic heterocycles. The van der Waals surface area contributed by atoms with Crippen LogP contribution in [0.1, 0.15) is 38.7 Å². The largest absolute Gasteiger partial charge is 0.490 e. The van der Waals surface area contributed by atoms with Crippen molar-refractivity contribution in [2.24, 2.45) is 11.1 Å². The van der Waals surface area contributed by atoms with Crippen LogP contribution in [0.4, 0.5) is 0 Å². The van der Waals surface area contributed by atoms with Gasteiger partial charge >= 0.3 is 0 Å². The van der Waals surface area contributed by atoms with Gasteiger partial charge in [-0.2, -0.15) is 0 Å². The number of halogens is 2. The third-order valence-corrected chi connectivity index (χ3v) is 4.49. The van der Waals surface area contributed by atoms with Crippen LogP contribution >= 0.6 is 35.4 Å². The van der Waals surface area contributed by atoms with Crippen LogP contribution in [-0.4, -0.2) is 18.2 Å². The molecule has 0 aliphatic carbocycles. The van der Waals surface area contributed by atoms with E-state index in [9.17, 15) is 0 Å². The molecule has 1 aromatic carbocycles. The highest BCUT2D eigenvalue weighted by molar-refractivity contribution is 7.80. The predicted octanol–water partition coefficient (Wildman–Crippen LogP) is 4.81. The van der Waals surface area contributed by atoms with Crippen molar-refractivity contribution in [3.8, 4) is 0 Å². The minimum absolute atomic E-state index is 0.0391. The van der Waals surface area contributed by atoms with Gasteiger partial charge in [-0.3, -0.25) is 0 Å². The second kappa shape index (κ2) is 7.08. The second-order valence-electron chi connectivity index (χ2n) is 5.95. The van der Waals surface area contributed by atoms with Gasteiger partial charge in [0, 0.05) is 18.4 Å². The topological polar surface area (TPSA) is 35.2 Å². The summed E-state index contributed by atoms with van der Waals surface area (Å²) in [5, 5.41) is 1.60. The number of thiocarbonyl (C=S) groups is 1. The highest BCUT2D eigenvalue weighted by atomic mass is 35.5. The summed E-state index contributed by atoms with van der Waals surface area (Å²) >= 11 is 17.3. The van der Waals surface area contributed by atoms with Gasteiger partial charge in [0.2, 0.25) is 0 Å². The van der Waals surface area contributed by atoms with Gasteiger partial charge in [0.15, 0.2) is 5.05 Å². The fourth-order valence-electron chi connectivity index (χ4n) is 2.06. The summed E-state index contributed by atoms with van der Waals surface area (Å²) in [6, 6.07) is 5.52. The van der Waals surface area contributed by atoms with E-state index in [-0.39, 0.29) is 17.4 Å². The molecule has 0 saturated heterocycles. The fourth-order valence-corrected chi connectivity index (χ4v) is 2.55. The molecule has 2 nitrogen and oxygen atoms in total. The molecule has 2 N–H and O–H groups in total. The summed E-state index contributed by atoms with van der Waals surface area (Å²) < 4.78 is 5.14. The van der Waals surface area contributed by atoms with E-state index in [1.165, 1.54) is 0 Å². The quantitative estimate of drug-likeness (QED) is 0.802. The van der Waals surface area contributed by atoms with Crippen molar-refractivity contribution in [1.29, 1.82) is 0 Å². The van der Waals surface area contributed by atoms with Gasteiger partial charge in [-0.1, -0.05) is 50.0 Å². The molecule has 20 heavy (non-hydrogen) atoms. The second-order valence-corrected chi connectivity index (χ2v) is 7.22. The molecule has 1 aromatic rings. The molecule has 0 amide bonds. The molecule has 0 fully saturated rings. The van der Waals surface area contributed by atoms with Crippen LogP contribution in [0, 0.1) is 5.41 Å². The van der Waals surface area contributed by atoms with E-state index in [2.05, 4.69) is 20.8 Å². The van der Waals surface area contributed by atoms with Crippen LogP contribution in [0.5, 0.6) is 0 Å². The van der Waals surface area contributed by atoms with E-state index in [4.69, 9.17) is 45.9 Å². The SMILES string of the molecule is COC(=S)CC(c1ccc(Cl)c(Cl)c1)C(N)C(C)(C)C. The molecular formula is C15H21Cl2NOS. The van der Waals surface area contributed by atoms with E-state index in [0.717, 1.165) is 5.56 Å². The van der Waals surface area contributed by atoms with E-state index in [1.807, 2.05) is 12.1 Å². The lowest BCUT2D eigenvalue weighted by Gasteiger charge is -2.34. The van der Waals surface area contributed by atoms with Gasteiger partial charge in [-0.15, -0.1) is 0 Å². The molecule has 112 valence electrons. The van der Waals surface area contributed by atoms with Crippen molar-refractivity contribution in [2.75, 3.05) is 7.11 Å². The Bertz CT molecular complexity index is 485. The smallest absolute Gasteiger partial charge is 0.159 e. The van der Waals surface area contributed by atoms with Crippen molar-refractivity contribution < 1.29 is 4.74 Å². The average Bonchev–Trinajstić information content (AvgIpc) is 2.37. The van der Waals surface area contributed by atoms with Crippen molar-refractivity contribution >= 4 is 40.5 Å². The van der Waals surface area contributed by atoms with Gasteiger partial charge in [0.1, 0.15) is 0 Å². The van der Waals surface area contributed by atoms with Crippen molar-refractivity contribution in [3.05, 3.63) is 33.8 Å². The highest BCUT2D eigenvalue weighted by Crippen LogP contribution is 2.35. The maximum Gasteiger partial charge on any atom is 0.159 e. The molecule has 5 heteroatoms. The normalized spacial score (nSPS) is 14.8. The van der Waals surface area contributed by atoms with E-state index >= 15 is 0 Å². The Morgan fingerprint density at radius 2 is 1.90 bits per heavy atom. The first-order chi connectivity index (χ1) is 9.16. The van der Waals surface area contributed by atoms with Crippen LogP contribution < -0.4 is 5.73 Å². The van der Waals surface area contributed by atoms with Crippen molar-refractivity contribution in [2.45, 2.75) is 39.2 Å². The summed E-state index contributed by atoms with van der Waals surface area (Å²) in [6.45, 7) is 6.33. The van der Waals surface area contributed by atoms with Crippen LogP contribution in [0.2, 0.25) is 10.0 Å². The zero-order valence-corrected chi connectivity index (χ0v) is 14.6. The zero-order chi connectivity index (χ0) is 15.5. The molecule has 2 unspecified atom stereocenters. The third kappa shape index (κ3) is 4.59. The first-order valence-electron chi connectivity index (χ1n) is 6.44. The molecule has 0 heterocycles. The summed E-state index contributed by atoms with van der Waals surface area (Å²) in [5.74, 6) is 0.0391. The number of ether oxygens (including phenoxy) is 1. The van der Waals surface area contributed by atoms with Crippen LogP contribution in [0.3, 0.4) is 0 Å². The Morgan fingerprint density at radius 3 is 2.35 bits per heavy atom. The number of benzene rings is 1. The Balaban J connectivity index is 3.15. The number of methoxy groups -OCH3 is 1. The summed E-state index contributed by atoms with van der Waals surface area (Å²) in [5.41, 5.74) is 7.40. The van der Waals surface area contributed by atoms with E-state index in [0.29, 0.717) is 21.5 Å². The zero-order valence-electron chi connectivity index (χ0n) is 12.2. The van der Waals surface area contributed by atoms with Gasteiger partial charge in [0.05, 0.1) is 17.2 Å². The number of hydrogen-bond donors (Lipinski definition) is 1. The van der Waals surface area contributed by atoms with Crippen LogP contribution in [-0.2, 0) is 4.74 Å². The molecule has 0 aliphatic rings. The first kappa shape index (κ1) is 17.7. The molecular weight excluding hydrogens is 313 g/mol. The molecule has 0 aliphatic heterocycles.